The SMILES string of the molecule is Cc1c(S(=O)(=O)c2ccccc2)c(NC(=O)C(C)C)n(C2CCCC2)c1C. The Morgan fingerprint density at radius 3 is 2.26 bits per heavy atom. The van der Waals surface area contributed by atoms with E-state index < -0.39 is 9.84 Å². The zero-order chi connectivity index (χ0) is 19.8. The molecule has 1 N–H and O–H groups in total. The van der Waals surface area contributed by atoms with Crippen molar-refractivity contribution in [2.24, 2.45) is 5.92 Å². The van der Waals surface area contributed by atoms with Crippen LogP contribution in [0.25, 0.3) is 0 Å². The van der Waals surface area contributed by atoms with Crippen molar-refractivity contribution in [2.75, 3.05) is 5.32 Å². The number of carbonyl (C=O) groups is 1. The highest BCUT2D eigenvalue weighted by molar-refractivity contribution is 7.91. The summed E-state index contributed by atoms with van der Waals surface area (Å²) in [5, 5.41) is 2.94. The second-order valence-electron chi connectivity index (χ2n) is 7.66. The third kappa shape index (κ3) is 3.55. The molecule has 0 spiro atoms. The molecule has 0 unspecified atom stereocenters. The van der Waals surface area contributed by atoms with Gasteiger partial charge in [0.15, 0.2) is 0 Å². The number of nitrogens with one attached hydrogen (secondary N) is 1. The minimum Gasteiger partial charge on any atom is -0.327 e. The van der Waals surface area contributed by atoms with Crippen LogP contribution < -0.4 is 5.32 Å². The Labute approximate surface area is 161 Å². The molecule has 1 saturated carbocycles. The number of hydrogen-bond acceptors (Lipinski definition) is 3. The van der Waals surface area contributed by atoms with Crippen LogP contribution in [0.3, 0.4) is 0 Å². The standard InChI is InChI=1S/C21H28N2O3S/c1-14(2)21(24)22-20-19(27(25,26)18-12-6-5-7-13-18)15(3)16(4)23(20)17-10-8-9-11-17/h5-7,12-14,17H,8-11H2,1-4H3,(H,22,24). The summed E-state index contributed by atoms with van der Waals surface area (Å²) in [6.45, 7) is 7.40. The van der Waals surface area contributed by atoms with Crippen molar-refractivity contribution >= 4 is 21.6 Å². The fourth-order valence-electron chi connectivity index (χ4n) is 3.84. The third-order valence-electron chi connectivity index (χ3n) is 5.48. The maximum atomic E-state index is 13.4. The number of aromatic nitrogens is 1. The van der Waals surface area contributed by atoms with Gasteiger partial charge in [-0.3, -0.25) is 4.79 Å². The molecule has 0 bridgehead atoms. The van der Waals surface area contributed by atoms with Crippen molar-refractivity contribution < 1.29 is 13.2 Å². The molecule has 6 heteroatoms. The lowest BCUT2D eigenvalue weighted by Crippen LogP contribution is -2.23. The Kier molecular flexibility index (Phi) is 5.47. The van der Waals surface area contributed by atoms with E-state index in [1.165, 1.54) is 0 Å². The molecular formula is C21H28N2O3S. The van der Waals surface area contributed by atoms with Gasteiger partial charge in [-0.2, -0.15) is 0 Å². The summed E-state index contributed by atoms with van der Waals surface area (Å²) >= 11 is 0. The van der Waals surface area contributed by atoms with E-state index in [0.29, 0.717) is 11.4 Å². The summed E-state index contributed by atoms with van der Waals surface area (Å²) in [6.07, 6.45) is 4.26. The van der Waals surface area contributed by atoms with E-state index in [1.54, 1.807) is 30.3 Å². The number of amides is 1. The van der Waals surface area contributed by atoms with Gasteiger partial charge in [0.2, 0.25) is 15.7 Å². The predicted octanol–water partition coefficient (Wildman–Crippen LogP) is 4.65. The average molecular weight is 389 g/mol. The van der Waals surface area contributed by atoms with Crippen molar-refractivity contribution in [3.05, 3.63) is 41.6 Å². The number of rotatable bonds is 5. The smallest absolute Gasteiger partial charge is 0.228 e. The average Bonchev–Trinajstić information content (AvgIpc) is 3.23. The van der Waals surface area contributed by atoms with Crippen molar-refractivity contribution in [3.63, 3.8) is 0 Å². The van der Waals surface area contributed by atoms with Crippen LogP contribution in [-0.2, 0) is 14.6 Å². The Morgan fingerprint density at radius 1 is 1.11 bits per heavy atom. The molecule has 1 aliphatic rings. The third-order valence-corrected chi connectivity index (χ3v) is 7.41. The Bertz CT molecular complexity index is 938. The van der Waals surface area contributed by atoms with Gasteiger partial charge in [-0.1, -0.05) is 44.9 Å². The molecule has 0 atom stereocenters. The summed E-state index contributed by atoms with van der Waals surface area (Å²) in [5.41, 5.74) is 1.63. The molecule has 1 aromatic heterocycles. The molecule has 1 aromatic carbocycles. The number of benzene rings is 1. The zero-order valence-corrected chi connectivity index (χ0v) is 17.3. The van der Waals surface area contributed by atoms with Crippen LogP contribution in [0.4, 0.5) is 5.82 Å². The topological polar surface area (TPSA) is 68.2 Å². The van der Waals surface area contributed by atoms with Crippen LogP contribution in [0, 0.1) is 19.8 Å². The molecule has 1 aliphatic carbocycles. The van der Waals surface area contributed by atoms with E-state index in [9.17, 15) is 13.2 Å². The summed E-state index contributed by atoms with van der Waals surface area (Å²) < 4.78 is 28.9. The van der Waals surface area contributed by atoms with Gasteiger partial charge in [0, 0.05) is 17.7 Å². The van der Waals surface area contributed by atoms with Gasteiger partial charge in [-0.25, -0.2) is 8.42 Å². The highest BCUT2D eigenvalue weighted by Crippen LogP contribution is 2.41. The minimum absolute atomic E-state index is 0.170. The molecule has 0 saturated heterocycles. The predicted molar refractivity (Wildman–Crippen MR) is 107 cm³/mol. The normalized spacial score (nSPS) is 15.4. The Morgan fingerprint density at radius 2 is 1.70 bits per heavy atom. The second-order valence-corrected chi connectivity index (χ2v) is 9.54. The molecule has 27 heavy (non-hydrogen) atoms. The zero-order valence-electron chi connectivity index (χ0n) is 16.5. The quantitative estimate of drug-likeness (QED) is 0.811. The van der Waals surface area contributed by atoms with Gasteiger partial charge in [0.1, 0.15) is 10.7 Å². The lowest BCUT2D eigenvalue weighted by atomic mass is 10.2. The first kappa shape index (κ1) is 19.7. The summed E-state index contributed by atoms with van der Waals surface area (Å²) in [7, 11) is -3.74. The van der Waals surface area contributed by atoms with Crippen LogP contribution in [0.15, 0.2) is 40.1 Å². The number of nitrogens with zero attached hydrogens (tertiary/aromatic N) is 1. The van der Waals surface area contributed by atoms with Crippen LogP contribution in [-0.4, -0.2) is 18.9 Å². The first-order chi connectivity index (χ1) is 12.7. The van der Waals surface area contributed by atoms with Crippen molar-refractivity contribution in [2.45, 2.75) is 69.2 Å². The van der Waals surface area contributed by atoms with Crippen LogP contribution >= 0.6 is 0 Å². The molecule has 1 fully saturated rings. The fraction of sp³-hybridized carbons (Fsp3) is 0.476. The Hall–Kier alpha value is -2.08. The van der Waals surface area contributed by atoms with Gasteiger partial charge in [-0.05, 0) is 44.4 Å². The van der Waals surface area contributed by atoms with Gasteiger partial charge < -0.3 is 9.88 Å². The van der Waals surface area contributed by atoms with Crippen molar-refractivity contribution in [1.29, 1.82) is 0 Å². The maximum absolute atomic E-state index is 13.4. The largest absolute Gasteiger partial charge is 0.327 e. The van der Waals surface area contributed by atoms with Gasteiger partial charge in [-0.15, -0.1) is 0 Å². The molecule has 2 aromatic rings. The fourth-order valence-corrected chi connectivity index (χ4v) is 5.55. The summed E-state index contributed by atoms with van der Waals surface area (Å²) in [5.74, 6) is 0.0283. The van der Waals surface area contributed by atoms with E-state index in [4.69, 9.17) is 0 Å². The van der Waals surface area contributed by atoms with E-state index in [1.807, 2.05) is 27.7 Å². The maximum Gasteiger partial charge on any atom is 0.228 e. The molecule has 146 valence electrons. The Balaban J connectivity index is 2.23. The molecular weight excluding hydrogens is 360 g/mol. The molecule has 0 aliphatic heterocycles. The second kappa shape index (κ2) is 7.50. The molecule has 0 radical (unpaired) electrons. The number of anilines is 1. The molecule has 1 heterocycles. The van der Waals surface area contributed by atoms with Gasteiger partial charge in [0.05, 0.1) is 4.90 Å². The lowest BCUT2D eigenvalue weighted by Gasteiger charge is -2.20. The first-order valence-electron chi connectivity index (χ1n) is 9.57. The number of sulfone groups is 1. The summed E-state index contributed by atoms with van der Waals surface area (Å²) in [4.78, 5) is 13.0. The van der Waals surface area contributed by atoms with Crippen molar-refractivity contribution in [1.82, 2.24) is 4.57 Å². The van der Waals surface area contributed by atoms with Crippen LogP contribution in [0.1, 0.15) is 56.8 Å². The van der Waals surface area contributed by atoms with Gasteiger partial charge >= 0.3 is 0 Å². The van der Waals surface area contributed by atoms with Gasteiger partial charge in [0.25, 0.3) is 0 Å². The van der Waals surface area contributed by atoms with E-state index in [-0.39, 0.29) is 27.7 Å². The van der Waals surface area contributed by atoms with E-state index in [0.717, 1.165) is 31.4 Å². The highest BCUT2D eigenvalue weighted by Gasteiger charge is 2.33. The molecule has 1 amide bonds. The van der Waals surface area contributed by atoms with E-state index >= 15 is 0 Å². The minimum atomic E-state index is -3.74. The summed E-state index contributed by atoms with van der Waals surface area (Å²) in [6, 6.07) is 8.66. The monoisotopic (exact) mass is 388 g/mol. The lowest BCUT2D eigenvalue weighted by molar-refractivity contribution is -0.118. The number of hydrogen-bond donors (Lipinski definition) is 1. The van der Waals surface area contributed by atoms with E-state index in [2.05, 4.69) is 9.88 Å². The first-order valence-corrected chi connectivity index (χ1v) is 11.1. The van der Waals surface area contributed by atoms with Crippen molar-refractivity contribution in [3.8, 4) is 0 Å². The molecule has 5 nitrogen and oxygen atoms in total. The van der Waals surface area contributed by atoms with Crippen LogP contribution in [0.2, 0.25) is 0 Å². The molecule has 3 rings (SSSR count). The number of carbonyl (C=O) groups excluding carboxylic acids is 1. The van der Waals surface area contributed by atoms with Crippen LogP contribution in [0.5, 0.6) is 0 Å². The highest BCUT2D eigenvalue weighted by atomic mass is 32.2.